The highest BCUT2D eigenvalue weighted by molar-refractivity contribution is 7.18. The normalized spacial score (nSPS) is 14.6. The molecule has 1 amide bonds. The maximum Gasteiger partial charge on any atom is 0.248 e. The Morgan fingerprint density at radius 3 is 2.75 bits per heavy atom. The van der Waals surface area contributed by atoms with Crippen LogP contribution in [0.1, 0.15) is 10.6 Å². The third kappa shape index (κ3) is 4.29. The maximum atomic E-state index is 12.5. The number of rotatable bonds is 5. The lowest BCUT2D eigenvalue weighted by Gasteiger charge is -2.36. The molecule has 0 unspecified atom stereocenters. The van der Waals surface area contributed by atoms with Gasteiger partial charge in [-0.05, 0) is 36.8 Å². The molecule has 0 N–H and O–H groups in total. The summed E-state index contributed by atoms with van der Waals surface area (Å²) in [5.41, 5.74) is 3.32. The Hall–Kier alpha value is -2.15. The van der Waals surface area contributed by atoms with E-state index in [-0.39, 0.29) is 12.5 Å². The lowest BCUT2D eigenvalue weighted by Crippen LogP contribution is -2.50. The molecule has 0 bridgehead atoms. The Kier molecular flexibility index (Phi) is 5.80. The van der Waals surface area contributed by atoms with Crippen LogP contribution >= 0.6 is 22.9 Å². The van der Waals surface area contributed by atoms with Gasteiger partial charge in [0.2, 0.25) is 5.91 Å². The molecule has 1 saturated heterocycles. The molecule has 4 rings (SSSR count). The Morgan fingerprint density at radius 2 is 1.96 bits per heavy atom. The second-order valence-corrected chi connectivity index (χ2v) is 8.42. The number of thiazole rings is 1. The van der Waals surface area contributed by atoms with Gasteiger partial charge in [-0.2, -0.15) is 0 Å². The SMILES string of the molecule is Cc1ccc(Cl)cc1N1CCN(C(=O)COCc2nc3ccccc3s2)CC1. The molecule has 0 saturated carbocycles. The fourth-order valence-electron chi connectivity index (χ4n) is 3.42. The van der Waals surface area contributed by atoms with Gasteiger partial charge in [0.25, 0.3) is 0 Å². The lowest BCUT2D eigenvalue weighted by atomic mass is 10.1. The van der Waals surface area contributed by atoms with Gasteiger partial charge in [0, 0.05) is 36.9 Å². The predicted molar refractivity (Wildman–Crippen MR) is 114 cm³/mol. The van der Waals surface area contributed by atoms with E-state index >= 15 is 0 Å². The first-order valence-corrected chi connectivity index (χ1v) is 10.5. The molecule has 2 aromatic carbocycles. The molecule has 2 heterocycles. The average molecular weight is 416 g/mol. The van der Waals surface area contributed by atoms with Crippen LogP contribution in [-0.4, -0.2) is 48.6 Å². The van der Waals surface area contributed by atoms with Crippen LogP contribution in [0, 0.1) is 6.92 Å². The van der Waals surface area contributed by atoms with E-state index < -0.39 is 0 Å². The van der Waals surface area contributed by atoms with Crippen molar-refractivity contribution >= 4 is 44.7 Å². The van der Waals surface area contributed by atoms with Gasteiger partial charge in [-0.1, -0.05) is 29.8 Å². The van der Waals surface area contributed by atoms with E-state index in [1.54, 1.807) is 11.3 Å². The number of hydrogen-bond acceptors (Lipinski definition) is 5. The van der Waals surface area contributed by atoms with Crippen LogP contribution in [0.3, 0.4) is 0 Å². The first-order chi connectivity index (χ1) is 13.6. The van der Waals surface area contributed by atoms with Gasteiger partial charge >= 0.3 is 0 Å². The van der Waals surface area contributed by atoms with Crippen LogP contribution < -0.4 is 4.90 Å². The smallest absolute Gasteiger partial charge is 0.248 e. The van der Waals surface area contributed by atoms with Gasteiger partial charge < -0.3 is 14.5 Å². The van der Waals surface area contributed by atoms with Crippen molar-refractivity contribution in [2.75, 3.05) is 37.7 Å². The summed E-state index contributed by atoms with van der Waals surface area (Å²) >= 11 is 7.74. The number of benzene rings is 2. The maximum absolute atomic E-state index is 12.5. The number of piperazine rings is 1. The van der Waals surface area contributed by atoms with Crippen LogP contribution in [-0.2, 0) is 16.1 Å². The standard InChI is InChI=1S/C21H22ClN3O2S/c1-15-6-7-16(22)12-18(15)24-8-10-25(11-9-24)21(26)14-27-13-20-23-17-4-2-3-5-19(17)28-20/h2-7,12H,8-11,13-14H2,1H3. The van der Waals surface area contributed by atoms with Crippen molar-refractivity contribution in [2.24, 2.45) is 0 Å². The van der Waals surface area contributed by atoms with E-state index in [0.29, 0.717) is 19.7 Å². The summed E-state index contributed by atoms with van der Waals surface area (Å²) in [6.07, 6.45) is 0. The van der Waals surface area contributed by atoms with Gasteiger partial charge in [0.1, 0.15) is 11.6 Å². The van der Waals surface area contributed by atoms with E-state index in [1.807, 2.05) is 47.4 Å². The molecule has 0 spiro atoms. The highest BCUT2D eigenvalue weighted by Crippen LogP contribution is 2.25. The zero-order valence-corrected chi connectivity index (χ0v) is 17.3. The third-order valence-corrected chi connectivity index (χ3v) is 6.18. The zero-order chi connectivity index (χ0) is 19.5. The highest BCUT2D eigenvalue weighted by atomic mass is 35.5. The number of fused-ring (bicyclic) bond motifs is 1. The molecule has 28 heavy (non-hydrogen) atoms. The summed E-state index contributed by atoms with van der Waals surface area (Å²) in [5.74, 6) is 0.0311. The summed E-state index contributed by atoms with van der Waals surface area (Å²) in [6, 6.07) is 13.9. The van der Waals surface area contributed by atoms with Gasteiger partial charge in [0.05, 0.1) is 16.8 Å². The molecule has 1 aliphatic rings. The minimum Gasteiger partial charge on any atom is -0.368 e. The van der Waals surface area contributed by atoms with Crippen LogP contribution in [0.2, 0.25) is 5.02 Å². The molecule has 1 fully saturated rings. The fraction of sp³-hybridized carbons (Fsp3) is 0.333. The van der Waals surface area contributed by atoms with Gasteiger partial charge in [-0.15, -0.1) is 11.3 Å². The summed E-state index contributed by atoms with van der Waals surface area (Å²) in [7, 11) is 0. The highest BCUT2D eigenvalue weighted by Gasteiger charge is 2.22. The van der Waals surface area contributed by atoms with Crippen LogP contribution in [0.4, 0.5) is 5.69 Å². The molecule has 1 aliphatic heterocycles. The van der Waals surface area contributed by atoms with E-state index in [2.05, 4.69) is 16.8 Å². The Bertz CT molecular complexity index is 950. The number of carbonyl (C=O) groups is 1. The minimum atomic E-state index is 0.0311. The number of aromatic nitrogens is 1. The van der Waals surface area contributed by atoms with Crippen molar-refractivity contribution in [3.63, 3.8) is 0 Å². The quantitative estimate of drug-likeness (QED) is 0.628. The molecular formula is C21H22ClN3O2S. The number of amides is 1. The van der Waals surface area contributed by atoms with Crippen LogP contribution in [0.15, 0.2) is 42.5 Å². The molecule has 146 valence electrons. The summed E-state index contributed by atoms with van der Waals surface area (Å²) < 4.78 is 6.78. The minimum absolute atomic E-state index is 0.0311. The first-order valence-electron chi connectivity index (χ1n) is 9.31. The molecule has 3 aromatic rings. The Morgan fingerprint density at radius 1 is 1.18 bits per heavy atom. The third-order valence-electron chi connectivity index (χ3n) is 4.93. The van der Waals surface area contributed by atoms with E-state index in [9.17, 15) is 4.79 Å². The Labute approximate surface area is 173 Å². The van der Waals surface area contributed by atoms with Crippen molar-refractivity contribution in [3.05, 3.63) is 58.1 Å². The zero-order valence-electron chi connectivity index (χ0n) is 15.7. The topological polar surface area (TPSA) is 45.7 Å². The number of hydrogen-bond donors (Lipinski definition) is 0. The van der Waals surface area contributed by atoms with Crippen molar-refractivity contribution < 1.29 is 9.53 Å². The average Bonchev–Trinajstić information content (AvgIpc) is 3.12. The summed E-state index contributed by atoms with van der Waals surface area (Å²) in [5, 5.41) is 1.64. The van der Waals surface area contributed by atoms with Gasteiger partial charge in [-0.25, -0.2) is 4.98 Å². The van der Waals surface area contributed by atoms with Crippen LogP contribution in [0.5, 0.6) is 0 Å². The molecule has 0 radical (unpaired) electrons. The van der Waals surface area contributed by atoms with Gasteiger partial charge in [0.15, 0.2) is 0 Å². The van der Waals surface area contributed by atoms with Crippen molar-refractivity contribution in [3.8, 4) is 0 Å². The lowest BCUT2D eigenvalue weighted by molar-refractivity contribution is -0.136. The van der Waals surface area contributed by atoms with E-state index in [0.717, 1.165) is 39.0 Å². The molecule has 7 heteroatoms. The van der Waals surface area contributed by atoms with Crippen molar-refractivity contribution in [1.82, 2.24) is 9.88 Å². The number of nitrogens with zero attached hydrogens (tertiary/aromatic N) is 3. The molecule has 0 aliphatic carbocycles. The summed E-state index contributed by atoms with van der Waals surface area (Å²) in [6.45, 7) is 5.51. The fourth-order valence-corrected chi connectivity index (χ4v) is 4.49. The monoisotopic (exact) mass is 415 g/mol. The summed E-state index contributed by atoms with van der Waals surface area (Å²) in [4.78, 5) is 21.2. The number of ether oxygens (including phenoxy) is 1. The van der Waals surface area contributed by atoms with Gasteiger partial charge in [-0.3, -0.25) is 4.79 Å². The Balaban J connectivity index is 1.26. The molecule has 1 aromatic heterocycles. The first kappa shape index (κ1) is 19.2. The molecule has 0 atom stereocenters. The number of halogens is 1. The van der Waals surface area contributed by atoms with E-state index in [1.165, 1.54) is 5.56 Å². The second-order valence-electron chi connectivity index (χ2n) is 6.87. The molecular weight excluding hydrogens is 394 g/mol. The van der Waals surface area contributed by atoms with Crippen molar-refractivity contribution in [2.45, 2.75) is 13.5 Å². The van der Waals surface area contributed by atoms with Crippen molar-refractivity contribution in [1.29, 1.82) is 0 Å². The second kappa shape index (κ2) is 8.47. The number of aryl methyl sites for hydroxylation is 1. The largest absolute Gasteiger partial charge is 0.368 e. The molecule has 5 nitrogen and oxygen atoms in total. The predicted octanol–water partition coefficient (Wildman–Crippen LogP) is 4.12. The van der Waals surface area contributed by atoms with E-state index in [4.69, 9.17) is 16.3 Å². The number of para-hydroxylation sites is 1. The number of carbonyl (C=O) groups excluding carboxylic acids is 1. The van der Waals surface area contributed by atoms with Crippen LogP contribution in [0.25, 0.3) is 10.2 Å². The number of anilines is 1.